The van der Waals surface area contributed by atoms with Crippen LogP contribution in [0.4, 0.5) is 11.4 Å². The first kappa shape index (κ1) is 10.4. The van der Waals surface area contributed by atoms with Crippen LogP contribution in [0.15, 0.2) is 18.2 Å². The summed E-state index contributed by atoms with van der Waals surface area (Å²) in [6, 6.07) is 8.07. The number of nitriles is 1. The molecular formula is C11H15N3. The maximum absolute atomic E-state index is 8.46. The van der Waals surface area contributed by atoms with Gasteiger partial charge in [0.15, 0.2) is 0 Å². The molecule has 0 heterocycles. The van der Waals surface area contributed by atoms with E-state index in [1.54, 1.807) is 0 Å². The van der Waals surface area contributed by atoms with Crippen molar-refractivity contribution >= 4 is 11.4 Å². The zero-order chi connectivity index (χ0) is 10.6. The van der Waals surface area contributed by atoms with Crippen molar-refractivity contribution < 1.29 is 0 Å². The van der Waals surface area contributed by atoms with Crippen LogP contribution < -0.4 is 10.6 Å². The van der Waals surface area contributed by atoms with Crippen LogP contribution >= 0.6 is 0 Å². The van der Waals surface area contributed by atoms with Gasteiger partial charge < -0.3 is 10.6 Å². The number of benzene rings is 1. The lowest BCUT2D eigenvalue weighted by Gasteiger charge is -2.18. The third-order valence-corrected chi connectivity index (χ3v) is 2.26. The molecule has 0 saturated heterocycles. The largest absolute Gasteiger partial charge is 0.398 e. The van der Waals surface area contributed by atoms with Crippen LogP contribution in [0.1, 0.15) is 12.0 Å². The van der Waals surface area contributed by atoms with Crippen molar-refractivity contribution in [2.45, 2.75) is 13.3 Å². The van der Waals surface area contributed by atoms with E-state index in [0.717, 1.165) is 23.5 Å². The minimum Gasteiger partial charge on any atom is -0.398 e. The summed E-state index contributed by atoms with van der Waals surface area (Å²) in [5.41, 5.74) is 8.74. The van der Waals surface area contributed by atoms with Crippen molar-refractivity contribution in [1.29, 1.82) is 5.26 Å². The predicted molar refractivity (Wildman–Crippen MR) is 59.1 cm³/mol. The molecule has 74 valence electrons. The Labute approximate surface area is 84.7 Å². The van der Waals surface area contributed by atoms with E-state index in [2.05, 4.69) is 6.07 Å². The van der Waals surface area contributed by atoms with Gasteiger partial charge in [-0.2, -0.15) is 5.26 Å². The molecule has 0 fully saturated rings. The van der Waals surface area contributed by atoms with Crippen LogP contribution in [0.25, 0.3) is 0 Å². The maximum Gasteiger partial charge on any atom is 0.0640 e. The molecule has 2 N–H and O–H groups in total. The van der Waals surface area contributed by atoms with E-state index in [9.17, 15) is 0 Å². The highest BCUT2D eigenvalue weighted by molar-refractivity contribution is 5.59. The fraction of sp³-hybridized carbons (Fsp3) is 0.364. The zero-order valence-electron chi connectivity index (χ0n) is 8.62. The average molecular weight is 189 g/mol. The molecule has 3 nitrogen and oxygen atoms in total. The van der Waals surface area contributed by atoms with Crippen molar-refractivity contribution in [3.05, 3.63) is 23.8 Å². The molecule has 0 saturated carbocycles. The third kappa shape index (κ3) is 2.40. The first-order chi connectivity index (χ1) is 6.65. The van der Waals surface area contributed by atoms with Crippen molar-refractivity contribution in [1.82, 2.24) is 0 Å². The van der Waals surface area contributed by atoms with Gasteiger partial charge in [0.2, 0.25) is 0 Å². The molecule has 1 aromatic rings. The zero-order valence-corrected chi connectivity index (χ0v) is 8.62. The Bertz CT molecular complexity index is 352. The molecule has 0 radical (unpaired) electrons. The van der Waals surface area contributed by atoms with Gasteiger partial charge in [-0.3, -0.25) is 0 Å². The molecule has 0 aliphatic carbocycles. The molecule has 1 rings (SSSR count). The summed E-state index contributed by atoms with van der Waals surface area (Å²) in [6.45, 7) is 2.72. The van der Waals surface area contributed by atoms with Gasteiger partial charge in [0.25, 0.3) is 0 Å². The number of rotatable bonds is 3. The minimum absolute atomic E-state index is 0.532. The van der Waals surface area contributed by atoms with E-state index in [1.807, 2.05) is 37.1 Å². The highest BCUT2D eigenvalue weighted by atomic mass is 15.1. The van der Waals surface area contributed by atoms with E-state index >= 15 is 0 Å². The number of nitrogens with two attached hydrogens (primary N) is 1. The monoisotopic (exact) mass is 189 g/mol. The lowest BCUT2D eigenvalue weighted by atomic mass is 10.2. The van der Waals surface area contributed by atoms with E-state index < -0.39 is 0 Å². The summed E-state index contributed by atoms with van der Waals surface area (Å²) in [7, 11) is 1.96. The molecular weight excluding hydrogens is 174 g/mol. The number of anilines is 2. The Balaban J connectivity index is 2.76. The van der Waals surface area contributed by atoms with Crippen molar-refractivity contribution in [3.8, 4) is 6.07 Å². The number of nitrogens with zero attached hydrogens (tertiary/aromatic N) is 2. The van der Waals surface area contributed by atoms with Crippen LogP contribution in [0.3, 0.4) is 0 Å². The van der Waals surface area contributed by atoms with E-state index in [4.69, 9.17) is 11.0 Å². The quantitative estimate of drug-likeness (QED) is 0.739. The molecule has 0 amide bonds. The Morgan fingerprint density at radius 2 is 2.21 bits per heavy atom. The van der Waals surface area contributed by atoms with Gasteiger partial charge >= 0.3 is 0 Å². The van der Waals surface area contributed by atoms with Gasteiger partial charge in [0.05, 0.1) is 12.5 Å². The van der Waals surface area contributed by atoms with E-state index in [1.165, 1.54) is 0 Å². The first-order valence-electron chi connectivity index (χ1n) is 4.59. The summed E-state index contributed by atoms with van der Waals surface area (Å²) < 4.78 is 0. The molecule has 0 bridgehead atoms. The predicted octanol–water partition coefficient (Wildman–Crippen LogP) is 1.93. The minimum atomic E-state index is 0.532. The second-order valence-corrected chi connectivity index (χ2v) is 3.37. The van der Waals surface area contributed by atoms with Gasteiger partial charge in [0, 0.05) is 25.0 Å². The van der Waals surface area contributed by atoms with Crippen LogP contribution in [-0.4, -0.2) is 13.6 Å². The Kier molecular flexibility index (Phi) is 3.35. The van der Waals surface area contributed by atoms with Crippen LogP contribution in [0, 0.1) is 18.3 Å². The number of nitrogen functional groups attached to an aromatic ring is 1. The van der Waals surface area contributed by atoms with Gasteiger partial charge in [-0.1, -0.05) is 6.07 Å². The Morgan fingerprint density at radius 3 is 2.79 bits per heavy atom. The summed E-state index contributed by atoms with van der Waals surface area (Å²) in [6.07, 6.45) is 0.532. The highest BCUT2D eigenvalue weighted by Gasteiger charge is 2.01. The Morgan fingerprint density at radius 1 is 1.50 bits per heavy atom. The number of hydrogen-bond acceptors (Lipinski definition) is 3. The van der Waals surface area contributed by atoms with E-state index in [0.29, 0.717) is 6.42 Å². The number of aryl methyl sites for hydroxylation is 1. The van der Waals surface area contributed by atoms with Gasteiger partial charge in [-0.05, 0) is 24.6 Å². The second kappa shape index (κ2) is 4.52. The average Bonchev–Trinajstić information content (AvgIpc) is 2.18. The second-order valence-electron chi connectivity index (χ2n) is 3.37. The van der Waals surface area contributed by atoms with Gasteiger partial charge in [-0.15, -0.1) is 0 Å². The molecule has 14 heavy (non-hydrogen) atoms. The smallest absolute Gasteiger partial charge is 0.0640 e. The van der Waals surface area contributed by atoms with Crippen LogP contribution in [0.2, 0.25) is 0 Å². The molecule has 0 unspecified atom stereocenters. The van der Waals surface area contributed by atoms with Crippen molar-refractivity contribution in [2.24, 2.45) is 0 Å². The molecule has 0 aromatic heterocycles. The maximum atomic E-state index is 8.46. The fourth-order valence-electron chi connectivity index (χ4n) is 1.21. The van der Waals surface area contributed by atoms with E-state index in [-0.39, 0.29) is 0 Å². The lowest BCUT2D eigenvalue weighted by Crippen LogP contribution is -2.18. The lowest BCUT2D eigenvalue weighted by molar-refractivity contribution is 0.905. The molecule has 3 heteroatoms. The summed E-state index contributed by atoms with van der Waals surface area (Å²) in [5.74, 6) is 0. The van der Waals surface area contributed by atoms with Gasteiger partial charge in [-0.25, -0.2) is 0 Å². The van der Waals surface area contributed by atoms with Crippen molar-refractivity contribution in [3.63, 3.8) is 0 Å². The topological polar surface area (TPSA) is 53.0 Å². The molecule has 1 aromatic carbocycles. The Hall–Kier alpha value is -1.69. The molecule has 0 atom stereocenters. The SMILES string of the molecule is Cc1ccc(N(C)CCC#N)cc1N. The van der Waals surface area contributed by atoms with Gasteiger partial charge in [0.1, 0.15) is 0 Å². The molecule has 0 aliphatic rings. The standard InChI is InChI=1S/C11H15N3/c1-9-4-5-10(8-11(9)13)14(2)7-3-6-12/h4-5,8H,3,7,13H2,1-2H3. The normalized spacial score (nSPS) is 9.50. The molecule has 0 aliphatic heterocycles. The van der Waals surface area contributed by atoms with Crippen LogP contribution in [-0.2, 0) is 0 Å². The summed E-state index contributed by atoms with van der Waals surface area (Å²) >= 11 is 0. The third-order valence-electron chi connectivity index (χ3n) is 2.26. The van der Waals surface area contributed by atoms with Crippen LogP contribution in [0.5, 0.6) is 0 Å². The summed E-state index contributed by atoms with van der Waals surface area (Å²) in [5, 5.41) is 8.46. The fourth-order valence-corrected chi connectivity index (χ4v) is 1.21. The highest BCUT2D eigenvalue weighted by Crippen LogP contribution is 2.19. The van der Waals surface area contributed by atoms with Crippen molar-refractivity contribution in [2.75, 3.05) is 24.2 Å². The number of hydrogen-bond donors (Lipinski definition) is 1. The first-order valence-corrected chi connectivity index (χ1v) is 4.59. The summed E-state index contributed by atoms with van der Waals surface area (Å²) in [4.78, 5) is 2.03. The molecule has 0 spiro atoms.